The fourth-order valence-corrected chi connectivity index (χ4v) is 5.29. The van der Waals surface area contributed by atoms with Crippen molar-refractivity contribution in [1.82, 2.24) is 26.6 Å². The molecule has 0 saturated heterocycles. The van der Waals surface area contributed by atoms with E-state index < -0.39 is 96.5 Å². The van der Waals surface area contributed by atoms with Gasteiger partial charge in [0.05, 0.1) is 18.9 Å². The van der Waals surface area contributed by atoms with E-state index in [1.165, 1.54) is 67.2 Å². The number of nitrogens with two attached hydrogens (primary N) is 2. The number of phenols is 2. The molecule has 54 heavy (non-hydrogen) atoms. The Hall–Kier alpha value is -5.89. The summed E-state index contributed by atoms with van der Waals surface area (Å²) in [6, 6.07) is 2.35. The highest BCUT2D eigenvalue weighted by molar-refractivity contribution is 7.98. The molecule has 19 nitrogen and oxygen atoms in total. The molecule has 0 radical (unpaired) electrons. The number of hydrogen-bond acceptors (Lipinski definition) is 12. The lowest BCUT2D eigenvalue weighted by molar-refractivity contribution is -0.142. The topological polar surface area (TPSA) is 330 Å². The van der Waals surface area contributed by atoms with E-state index in [0.29, 0.717) is 16.9 Å². The number of aliphatic carboxylic acids is 2. The van der Waals surface area contributed by atoms with Gasteiger partial charge in [0.1, 0.15) is 41.7 Å². The van der Waals surface area contributed by atoms with Crippen molar-refractivity contribution in [1.29, 1.82) is 0 Å². The van der Waals surface area contributed by atoms with Crippen molar-refractivity contribution in [3.63, 3.8) is 0 Å². The predicted octanol–water partition coefficient (Wildman–Crippen LogP) is -2.16. The van der Waals surface area contributed by atoms with Gasteiger partial charge in [-0.2, -0.15) is 11.8 Å². The van der Waals surface area contributed by atoms with Crippen molar-refractivity contribution in [2.75, 3.05) is 12.0 Å². The average molecular weight is 776 g/mol. The molecule has 13 N–H and O–H groups in total. The van der Waals surface area contributed by atoms with Crippen LogP contribution in [0.25, 0.3) is 0 Å². The molecule has 0 saturated carbocycles. The molecule has 2 aromatic carbocycles. The molecule has 6 atom stereocenters. The van der Waals surface area contributed by atoms with Crippen LogP contribution in [0.5, 0.6) is 11.5 Å². The third-order valence-corrected chi connectivity index (χ3v) is 8.40. The summed E-state index contributed by atoms with van der Waals surface area (Å²) in [6.07, 6.45) is -0.191. The Morgan fingerprint density at radius 3 is 1.44 bits per heavy atom. The van der Waals surface area contributed by atoms with Gasteiger partial charge in [-0.05, 0) is 60.7 Å². The van der Waals surface area contributed by atoms with Crippen molar-refractivity contribution in [2.24, 2.45) is 11.5 Å². The van der Waals surface area contributed by atoms with Crippen LogP contribution in [0.4, 0.5) is 0 Å². The van der Waals surface area contributed by atoms with E-state index in [4.69, 9.17) is 11.5 Å². The maximum Gasteiger partial charge on any atom is 0.325 e. The highest BCUT2D eigenvalue weighted by Gasteiger charge is 2.33. The van der Waals surface area contributed by atoms with Crippen LogP contribution in [0.2, 0.25) is 0 Å². The van der Waals surface area contributed by atoms with Crippen LogP contribution in [-0.2, 0) is 51.2 Å². The lowest BCUT2D eigenvalue weighted by Gasteiger charge is -2.27. The summed E-state index contributed by atoms with van der Waals surface area (Å²) in [7, 11) is 0. The van der Waals surface area contributed by atoms with E-state index in [1.54, 1.807) is 6.26 Å². The fraction of sp³-hybridized carbons (Fsp3) is 0.412. The molecule has 0 aliphatic heterocycles. The number of thioether (sulfide) groups is 1. The first-order valence-electron chi connectivity index (χ1n) is 16.4. The van der Waals surface area contributed by atoms with Crippen LogP contribution in [0.15, 0.2) is 48.5 Å². The number of rotatable bonds is 22. The van der Waals surface area contributed by atoms with Crippen molar-refractivity contribution < 1.29 is 58.8 Å². The molecule has 294 valence electrons. The molecule has 0 heterocycles. The molecular weight excluding hydrogens is 730 g/mol. The van der Waals surface area contributed by atoms with Gasteiger partial charge in [0.2, 0.25) is 35.4 Å². The van der Waals surface area contributed by atoms with E-state index >= 15 is 0 Å². The molecule has 0 spiro atoms. The van der Waals surface area contributed by atoms with Gasteiger partial charge < -0.3 is 58.5 Å². The van der Waals surface area contributed by atoms with Gasteiger partial charge in [-0.25, -0.2) is 0 Å². The van der Waals surface area contributed by atoms with E-state index in [2.05, 4.69) is 26.6 Å². The minimum Gasteiger partial charge on any atom is -0.508 e. The maximum atomic E-state index is 14.0. The van der Waals surface area contributed by atoms with Crippen LogP contribution in [-0.4, -0.2) is 116 Å². The maximum absolute atomic E-state index is 14.0. The quantitative estimate of drug-likeness (QED) is 0.0607. The Balaban J connectivity index is 2.48. The first-order chi connectivity index (χ1) is 25.4. The van der Waals surface area contributed by atoms with Crippen LogP contribution < -0.4 is 38.1 Å². The van der Waals surface area contributed by atoms with E-state index in [9.17, 15) is 58.8 Å². The Morgan fingerprint density at radius 2 is 1.04 bits per heavy atom. The number of amides is 6. The monoisotopic (exact) mass is 775 g/mol. The van der Waals surface area contributed by atoms with Gasteiger partial charge in [-0.3, -0.25) is 38.4 Å². The van der Waals surface area contributed by atoms with Crippen molar-refractivity contribution in [3.8, 4) is 11.5 Å². The van der Waals surface area contributed by atoms with Gasteiger partial charge in [-0.15, -0.1) is 0 Å². The first kappa shape index (κ1) is 44.3. The zero-order valence-corrected chi connectivity index (χ0v) is 30.3. The highest BCUT2D eigenvalue weighted by atomic mass is 32.2. The second kappa shape index (κ2) is 21.6. The Morgan fingerprint density at radius 1 is 0.630 bits per heavy atom. The zero-order chi connectivity index (χ0) is 40.5. The van der Waals surface area contributed by atoms with E-state index in [1.807, 2.05) is 0 Å². The van der Waals surface area contributed by atoms with E-state index in [0.717, 1.165) is 0 Å². The molecule has 2 aromatic rings. The number of phenolic OH excluding ortho intramolecular Hbond substituents is 2. The summed E-state index contributed by atoms with van der Waals surface area (Å²) in [5.41, 5.74) is 11.6. The van der Waals surface area contributed by atoms with Crippen molar-refractivity contribution >= 4 is 59.1 Å². The summed E-state index contributed by atoms with van der Waals surface area (Å²) < 4.78 is 0. The molecule has 0 unspecified atom stereocenters. The molecule has 0 fully saturated rings. The van der Waals surface area contributed by atoms with Gasteiger partial charge in [-0.1, -0.05) is 24.3 Å². The number of carbonyl (C=O) groups excluding carboxylic acids is 6. The fourth-order valence-electron chi connectivity index (χ4n) is 4.82. The lowest BCUT2D eigenvalue weighted by Crippen LogP contribution is -2.60. The van der Waals surface area contributed by atoms with Gasteiger partial charge in [0.15, 0.2) is 0 Å². The van der Waals surface area contributed by atoms with Gasteiger partial charge in [0, 0.05) is 12.8 Å². The minimum absolute atomic E-state index is 0.0830. The van der Waals surface area contributed by atoms with Crippen LogP contribution in [0, 0.1) is 0 Å². The summed E-state index contributed by atoms with van der Waals surface area (Å²) >= 11 is 1.36. The Bertz CT molecular complexity index is 1660. The number of primary amides is 1. The molecular formula is C34H45N7O12S. The number of nitrogens with one attached hydrogen (secondary N) is 5. The molecule has 0 bridgehead atoms. The SMILES string of the molecule is CSCC[C@H](NC(=O)[C@H](Cc1ccc(O)cc1)NC(=O)[C@H](Cc1ccc(O)cc1)NC(=O)[C@H](CC(=O)O)NC(=O)[C@@H](N)CC(N)=O)C(=O)N[C@@H](C)C(=O)O. The number of carbonyl (C=O) groups is 8. The number of benzene rings is 2. The lowest BCUT2D eigenvalue weighted by atomic mass is 10.0. The summed E-state index contributed by atoms with van der Waals surface area (Å²) in [6.45, 7) is 1.24. The second-order valence-electron chi connectivity index (χ2n) is 12.2. The molecule has 0 aromatic heterocycles. The Labute approximate surface area is 314 Å². The normalized spacial score (nSPS) is 14.1. The zero-order valence-electron chi connectivity index (χ0n) is 29.4. The molecule has 2 rings (SSSR count). The molecule has 0 aliphatic rings. The summed E-state index contributed by atoms with van der Waals surface area (Å²) in [4.78, 5) is 101. The van der Waals surface area contributed by atoms with E-state index in [-0.39, 0.29) is 30.8 Å². The molecule has 20 heteroatoms. The van der Waals surface area contributed by atoms with Gasteiger partial charge >= 0.3 is 11.9 Å². The van der Waals surface area contributed by atoms with Crippen molar-refractivity contribution in [3.05, 3.63) is 59.7 Å². The standard InChI is InChI=1S/C34H45N7O12S/c1-17(34(52)53)37-30(48)23(11-12-54-2)38-31(49)24(13-18-3-7-20(42)8-4-18)40-32(50)25(14-19-5-9-21(43)10-6-19)41-33(51)26(16-28(45)46)39-29(47)22(35)15-27(36)44/h3-10,17,22-26,42-43H,11-16,35H2,1-2H3,(H2,36,44)(H,37,48)(H,38,49)(H,39,47)(H,40,50)(H,41,51)(H,45,46)(H,52,53)/t17-,22-,23-,24-,25-,26-/m0/s1. The number of hydrogen-bond donors (Lipinski definition) is 11. The van der Waals surface area contributed by atoms with Crippen LogP contribution >= 0.6 is 11.8 Å². The largest absolute Gasteiger partial charge is 0.508 e. The molecule has 6 amide bonds. The smallest absolute Gasteiger partial charge is 0.325 e. The minimum atomic E-state index is -1.79. The predicted molar refractivity (Wildman–Crippen MR) is 194 cm³/mol. The Kier molecular flexibility index (Phi) is 17.7. The number of aromatic hydroxyl groups is 2. The summed E-state index contributed by atoms with van der Waals surface area (Å²) in [5.74, 6) is -8.39. The summed E-state index contributed by atoms with van der Waals surface area (Å²) in [5, 5.41) is 50.2. The third-order valence-electron chi connectivity index (χ3n) is 7.76. The second-order valence-corrected chi connectivity index (χ2v) is 13.2. The van der Waals surface area contributed by atoms with Crippen molar-refractivity contribution in [2.45, 2.75) is 75.3 Å². The first-order valence-corrected chi connectivity index (χ1v) is 17.8. The highest BCUT2D eigenvalue weighted by Crippen LogP contribution is 2.15. The van der Waals surface area contributed by atoms with Crippen LogP contribution in [0.1, 0.15) is 37.3 Å². The average Bonchev–Trinajstić information content (AvgIpc) is 3.10. The molecule has 0 aliphatic carbocycles. The number of carboxylic acids is 2. The van der Waals surface area contributed by atoms with Crippen LogP contribution in [0.3, 0.4) is 0 Å². The number of carboxylic acid groups (broad SMARTS) is 2. The van der Waals surface area contributed by atoms with Gasteiger partial charge in [0.25, 0.3) is 0 Å². The third kappa shape index (κ3) is 15.4.